The minimum absolute atomic E-state index is 0.00428. The van der Waals surface area contributed by atoms with Crippen LogP contribution in [0.2, 0.25) is 0 Å². The maximum atomic E-state index is 12.9. The molecule has 1 fully saturated rings. The molecular formula is C20H31NO3. The third-order valence-electron chi connectivity index (χ3n) is 4.39. The highest BCUT2D eigenvalue weighted by molar-refractivity contribution is 5.97. The summed E-state index contributed by atoms with van der Waals surface area (Å²) in [7, 11) is 0. The van der Waals surface area contributed by atoms with Gasteiger partial charge in [0.1, 0.15) is 11.4 Å². The van der Waals surface area contributed by atoms with Crippen molar-refractivity contribution in [2.24, 2.45) is 0 Å². The quantitative estimate of drug-likeness (QED) is 0.720. The summed E-state index contributed by atoms with van der Waals surface area (Å²) in [5, 5.41) is 3.05. The molecule has 0 saturated heterocycles. The molecule has 2 rings (SSSR count). The zero-order valence-electron chi connectivity index (χ0n) is 15.3. The molecule has 1 amide bonds. The van der Waals surface area contributed by atoms with Crippen molar-refractivity contribution < 1.29 is 14.3 Å². The van der Waals surface area contributed by atoms with Gasteiger partial charge in [0.05, 0.1) is 6.10 Å². The summed E-state index contributed by atoms with van der Waals surface area (Å²) in [6.45, 7) is 6.71. The second-order valence-electron chi connectivity index (χ2n) is 6.90. The second kappa shape index (κ2) is 9.07. The standard InChI is InChI=1S/C20H31NO3/c1-4-15-23-20(13-7-5-6-8-14-20)19(22)21-17-9-11-18(12-10-17)24-16(2)3/h9-12,16H,4-8,13-15H2,1-3H3,(H,21,22). The van der Waals surface area contributed by atoms with Crippen LogP contribution in [0, 0.1) is 0 Å². The van der Waals surface area contributed by atoms with Crippen LogP contribution in [-0.4, -0.2) is 24.2 Å². The largest absolute Gasteiger partial charge is 0.491 e. The van der Waals surface area contributed by atoms with Crippen LogP contribution in [0.5, 0.6) is 5.75 Å². The number of ether oxygens (including phenoxy) is 2. The smallest absolute Gasteiger partial charge is 0.256 e. The van der Waals surface area contributed by atoms with Gasteiger partial charge in [0.25, 0.3) is 5.91 Å². The highest BCUT2D eigenvalue weighted by Gasteiger charge is 2.39. The first-order chi connectivity index (χ1) is 11.6. The molecule has 0 aliphatic heterocycles. The van der Waals surface area contributed by atoms with Crippen molar-refractivity contribution in [3.8, 4) is 5.75 Å². The van der Waals surface area contributed by atoms with Crippen LogP contribution in [-0.2, 0) is 9.53 Å². The fraction of sp³-hybridized carbons (Fsp3) is 0.650. The molecule has 4 nitrogen and oxygen atoms in total. The van der Waals surface area contributed by atoms with Gasteiger partial charge in [-0.3, -0.25) is 4.79 Å². The van der Waals surface area contributed by atoms with Crippen LogP contribution in [0.1, 0.15) is 65.7 Å². The Kier molecular flexibility index (Phi) is 7.10. The van der Waals surface area contributed by atoms with E-state index in [9.17, 15) is 4.79 Å². The van der Waals surface area contributed by atoms with Gasteiger partial charge >= 0.3 is 0 Å². The molecule has 1 aliphatic rings. The molecule has 24 heavy (non-hydrogen) atoms. The summed E-state index contributed by atoms with van der Waals surface area (Å²) >= 11 is 0. The number of nitrogens with one attached hydrogen (secondary N) is 1. The van der Waals surface area contributed by atoms with E-state index in [0.29, 0.717) is 6.61 Å². The van der Waals surface area contributed by atoms with Crippen LogP contribution in [0.3, 0.4) is 0 Å². The van der Waals surface area contributed by atoms with Gasteiger partial charge < -0.3 is 14.8 Å². The third kappa shape index (κ3) is 5.23. The number of anilines is 1. The summed E-state index contributed by atoms with van der Waals surface area (Å²) in [6.07, 6.45) is 7.17. The van der Waals surface area contributed by atoms with E-state index >= 15 is 0 Å². The van der Waals surface area contributed by atoms with E-state index in [1.54, 1.807) is 0 Å². The van der Waals surface area contributed by atoms with Crippen LogP contribution in [0.25, 0.3) is 0 Å². The zero-order valence-corrected chi connectivity index (χ0v) is 15.3. The molecular weight excluding hydrogens is 302 g/mol. The summed E-state index contributed by atoms with van der Waals surface area (Å²) in [5.74, 6) is 0.810. The monoisotopic (exact) mass is 333 g/mol. The molecule has 1 aromatic carbocycles. The molecule has 1 aromatic rings. The van der Waals surface area contributed by atoms with E-state index in [4.69, 9.17) is 9.47 Å². The Balaban J connectivity index is 2.06. The first kappa shape index (κ1) is 18.8. The Labute approximate surface area is 145 Å². The normalized spacial score (nSPS) is 17.3. The molecule has 0 radical (unpaired) electrons. The highest BCUT2D eigenvalue weighted by Crippen LogP contribution is 2.32. The van der Waals surface area contributed by atoms with Crippen LogP contribution in [0.4, 0.5) is 5.69 Å². The molecule has 0 unspecified atom stereocenters. The van der Waals surface area contributed by atoms with E-state index in [-0.39, 0.29) is 12.0 Å². The predicted octanol–water partition coefficient (Wildman–Crippen LogP) is 4.93. The molecule has 0 bridgehead atoms. The third-order valence-corrected chi connectivity index (χ3v) is 4.39. The van der Waals surface area contributed by atoms with Gasteiger partial charge in [0.15, 0.2) is 0 Å². The lowest BCUT2D eigenvalue weighted by molar-refractivity contribution is -0.143. The van der Waals surface area contributed by atoms with E-state index in [1.807, 2.05) is 38.1 Å². The van der Waals surface area contributed by atoms with Gasteiger partial charge in [-0.25, -0.2) is 0 Å². The van der Waals surface area contributed by atoms with Crippen molar-refractivity contribution in [1.29, 1.82) is 0 Å². The fourth-order valence-corrected chi connectivity index (χ4v) is 3.17. The van der Waals surface area contributed by atoms with E-state index in [0.717, 1.165) is 43.5 Å². The van der Waals surface area contributed by atoms with Crippen molar-refractivity contribution in [1.82, 2.24) is 0 Å². The Morgan fingerprint density at radius 1 is 1.12 bits per heavy atom. The highest BCUT2D eigenvalue weighted by atomic mass is 16.5. The molecule has 1 aliphatic carbocycles. The first-order valence-electron chi connectivity index (χ1n) is 9.28. The van der Waals surface area contributed by atoms with Gasteiger partial charge in [-0.2, -0.15) is 0 Å². The number of hydrogen-bond acceptors (Lipinski definition) is 3. The summed E-state index contributed by atoms with van der Waals surface area (Å²) in [6, 6.07) is 7.56. The number of carbonyl (C=O) groups excluding carboxylic acids is 1. The molecule has 0 atom stereocenters. The number of rotatable bonds is 7. The first-order valence-corrected chi connectivity index (χ1v) is 9.28. The molecule has 134 valence electrons. The fourth-order valence-electron chi connectivity index (χ4n) is 3.17. The Morgan fingerprint density at radius 2 is 1.75 bits per heavy atom. The topological polar surface area (TPSA) is 47.6 Å². The molecule has 1 N–H and O–H groups in total. The lowest BCUT2D eigenvalue weighted by Crippen LogP contribution is -2.45. The number of carbonyl (C=O) groups is 1. The minimum atomic E-state index is -0.667. The van der Waals surface area contributed by atoms with Crippen molar-refractivity contribution in [3.63, 3.8) is 0 Å². The molecule has 0 aromatic heterocycles. The predicted molar refractivity (Wildman–Crippen MR) is 97.5 cm³/mol. The summed E-state index contributed by atoms with van der Waals surface area (Å²) in [4.78, 5) is 12.9. The van der Waals surface area contributed by atoms with Gasteiger partial charge in [-0.1, -0.05) is 32.6 Å². The van der Waals surface area contributed by atoms with E-state index in [1.165, 1.54) is 12.8 Å². The van der Waals surface area contributed by atoms with Crippen molar-refractivity contribution in [3.05, 3.63) is 24.3 Å². The lowest BCUT2D eigenvalue weighted by atomic mass is 9.92. The number of benzene rings is 1. The molecule has 1 saturated carbocycles. The van der Waals surface area contributed by atoms with Crippen LogP contribution < -0.4 is 10.1 Å². The molecule has 0 heterocycles. The van der Waals surface area contributed by atoms with Gasteiger partial charge in [-0.15, -0.1) is 0 Å². The molecule has 4 heteroatoms. The number of hydrogen-bond donors (Lipinski definition) is 1. The Morgan fingerprint density at radius 3 is 2.29 bits per heavy atom. The second-order valence-corrected chi connectivity index (χ2v) is 6.90. The maximum absolute atomic E-state index is 12.9. The maximum Gasteiger partial charge on any atom is 0.256 e. The van der Waals surface area contributed by atoms with Crippen molar-refractivity contribution >= 4 is 11.6 Å². The average molecular weight is 333 g/mol. The number of amides is 1. The SMILES string of the molecule is CCCOC1(C(=O)Nc2ccc(OC(C)C)cc2)CCCCCC1. The van der Waals surface area contributed by atoms with E-state index in [2.05, 4.69) is 12.2 Å². The van der Waals surface area contributed by atoms with Gasteiger partial charge in [0.2, 0.25) is 0 Å². The van der Waals surface area contributed by atoms with Crippen molar-refractivity contribution in [2.75, 3.05) is 11.9 Å². The Bertz CT molecular complexity index is 502. The van der Waals surface area contributed by atoms with Crippen LogP contribution in [0.15, 0.2) is 24.3 Å². The zero-order chi connectivity index (χ0) is 17.4. The van der Waals surface area contributed by atoms with Gasteiger partial charge in [-0.05, 0) is 57.4 Å². The van der Waals surface area contributed by atoms with Gasteiger partial charge in [0, 0.05) is 12.3 Å². The Hall–Kier alpha value is -1.55. The lowest BCUT2D eigenvalue weighted by Gasteiger charge is -2.31. The summed E-state index contributed by atoms with van der Waals surface area (Å²) < 4.78 is 11.7. The average Bonchev–Trinajstić information content (AvgIpc) is 2.81. The van der Waals surface area contributed by atoms with E-state index < -0.39 is 5.60 Å². The molecule has 0 spiro atoms. The van der Waals surface area contributed by atoms with Crippen LogP contribution >= 0.6 is 0 Å². The minimum Gasteiger partial charge on any atom is -0.491 e. The van der Waals surface area contributed by atoms with Crippen molar-refractivity contribution in [2.45, 2.75) is 77.4 Å². The summed E-state index contributed by atoms with van der Waals surface area (Å²) in [5.41, 5.74) is 0.124.